The lowest BCUT2D eigenvalue weighted by molar-refractivity contribution is 0.0992. The minimum atomic E-state index is -3.07. The van der Waals surface area contributed by atoms with Gasteiger partial charge in [-0.3, -0.25) is 4.79 Å². The van der Waals surface area contributed by atoms with E-state index in [0.29, 0.717) is 4.88 Å². The third kappa shape index (κ3) is 4.34. The van der Waals surface area contributed by atoms with Crippen molar-refractivity contribution in [2.75, 3.05) is 12.0 Å². The molecule has 1 aromatic rings. The second-order valence-corrected chi connectivity index (χ2v) is 8.52. The SMILES string of the molecule is CS(=O)(=O)CCC(=O)c1cc(Br)c(Br)s1. The number of thiophene rings is 1. The molecule has 15 heavy (non-hydrogen) atoms. The number of hydrogen-bond acceptors (Lipinski definition) is 4. The standard InChI is InChI=1S/C8H8Br2O3S2/c1-15(12,13)3-2-6(11)7-4-5(9)8(10)14-7/h4H,2-3H2,1H3. The van der Waals surface area contributed by atoms with Crippen molar-refractivity contribution in [3.63, 3.8) is 0 Å². The molecule has 1 heterocycles. The number of hydrogen-bond donors (Lipinski definition) is 0. The molecule has 0 aliphatic heterocycles. The molecule has 84 valence electrons. The number of carbonyl (C=O) groups excluding carboxylic acids is 1. The number of rotatable bonds is 4. The van der Waals surface area contributed by atoms with Crippen molar-refractivity contribution in [2.45, 2.75) is 6.42 Å². The van der Waals surface area contributed by atoms with E-state index in [9.17, 15) is 13.2 Å². The summed E-state index contributed by atoms with van der Waals surface area (Å²) < 4.78 is 23.4. The van der Waals surface area contributed by atoms with Gasteiger partial charge in [-0.05, 0) is 37.9 Å². The zero-order valence-electron chi connectivity index (χ0n) is 7.79. The summed E-state index contributed by atoms with van der Waals surface area (Å²) in [5, 5.41) is 0. The molecule has 0 spiro atoms. The molecule has 0 fully saturated rings. The lowest BCUT2D eigenvalue weighted by atomic mass is 10.3. The highest BCUT2D eigenvalue weighted by molar-refractivity contribution is 9.13. The first kappa shape index (κ1) is 13.3. The van der Waals surface area contributed by atoms with Crippen LogP contribution in [0.4, 0.5) is 0 Å². The number of sulfone groups is 1. The Kier molecular flexibility index (Phi) is 4.51. The average Bonchev–Trinajstić information content (AvgIpc) is 2.42. The number of halogens is 2. The smallest absolute Gasteiger partial charge is 0.173 e. The second-order valence-electron chi connectivity index (χ2n) is 3.04. The first-order valence-electron chi connectivity index (χ1n) is 3.95. The van der Waals surface area contributed by atoms with Crippen LogP contribution in [0.1, 0.15) is 16.1 Å². The lowest BCUT2D eigenvalue weighted by Gasteiger charge is -1.95. The molecule has 0 amide bonds. The van der Waals surface area contributed by atoms with Crippen LogP contribution in [0.25, 0.3) is 0 Å². The van der Waals surface area contributed by atoms with Crippen LogP contribution < -0.4 is 0 Å². The molecule has 3 nitrogen and oxygen atoms in total. The maximum absolute atomic E-state index is 11.6. The van der Waals surface area contributed by atoms with Crippen LogP contribution in [0.5, 0.6) is 0 Å². The van der Waals surface area contributed by atoms with Crippen LogP contribution in [-0.4, -0.2) is 26.2 Å². The number of Topliss-reactive ketones (excluding diaryl/α,β-unsaturated/α-hetero) is 1. The van der Waals surface area contributed by atoms with E-state index in [1.165, 1.54) is 11.3 Å². The van der Waals surface area contributed by atoms with Crippen LogP contribution >= 0.6 is 43.2 Å². The number of carbonyl (C=O) groups is 1. The van der Waals surface area contributed by atoms with Gasteiger partial charge in [-0.1, -0.05) is 0 Å². The maximum atomic E-state index is 11.6. The highest BCUT2D eigenvalue weighted by Gasteiger charge is 2.14. The molecule has 0 bridgehead atoms. The van der Waals surface area contributed by atoms with Crippen molar-refractivity contribution in [2.24, 2.45) is 0 Å². The Hall–Kier alpha value is 0.280. The Bertz CT molecular complexity index is 457. The number of ketones is 1. The fourth-order valence-electron chi connectivity index (χ4n) is 0.885. The maximum Gasteiger partial charge on any atom is 0.173 e. The van der Waals surface area contributed by atoms with Gasteiger partial charge >= 0.3 is 0 Å². The first-order valence-corrected chi connectivity index (χ1v) is 8.41. The normalized spacial score (nSPS) is 11.7. The van der Waals surface area contributed by atoms with Crippen molar-refractivity contribution in [3.05, 3.63) is 19.2 Å². The molecule has 0 unspecified atom stereocenters. The Morgan fingerprint density at radius 2 is 2.07 bits per heavy atom. The van der Waals surface area contributed by atoms with Crippen molar-refractivity contribution in [1.82, 2.24) is 0 Å². The van der Waals surface area contributed by atoms with Crippen LogP contribution in [0.15, 0.2) is 14.3 Å². The molecular formula is C8H8Br2O3S2. The van der Waals surface area contributed by atoms with E-state index in [-0.39, 0.29) is 18.0 Å². The van der Waals surface area contributed by atoms with Crippen molar-refractivity contribution in [1.29, 1.82) is 0 Å². The molecular weight excluding hydrogens is 368 g/mol. The Morgan fingerprint density at radius 1 is 1.47 bits per heavy atom. The quantitative estimate of drug-likeness (QED) is 0.760. The Morgan fingerprint density at radius 3 is 2.47 bits per heavy atom. The van der Waals surface area contributed by atoms with Gasteiger partial charge in [0.25, 0.3) is 0 Å². The zero-order chi connectivity index (χ0) is 11.6. The fourth-order valence-corrected chi connectivity index (χ4v) is 3.44. The van der Waals surface area contributed by atoms with Crippen molar-refractivity contribution < 1.29 is 13.2 Å². The van der Waals surface area contributed by atoms with E-state index >= 15 is 0 Å². The fraction of sp³-hybridized carbons (Fsp3) is 0.375. The summed E-state index contributed by atoms with van der Waals surface area (Å²) in [6.07, 6.45) is 1.17. The monoisotopic (exact) mass is 374 g/mol. The summed E-state index contributed by atoms with van der Waals surface area (Å²) in [5.74, 6) is -0.240. The zero-order valence-corrected chi connectivity index (χ0v) is 12.6. The van der Waals surface area contributed by atoms with E-state index in [1.54, 1.807) is 6.07 Å². The van der Waals surface area contributed by atoms with E-state index in [2.05, 4.69) is 31.9 Å². The minimum Gasteiger partial charge on any atom is -0.293 e. The molecule has 7 heteroatoms. The summed E-state index contributed by atoms with van der Waals surface area (Å²) in [6, 6.07) is 1.69. The van der Waals surface area contributed by atoms with Crippen LogP contribution in [0.2, 0.25) is 0 Å². The van der Waals surface area contributed by atoms with Gasteiger partial charge in [-0.25, -0.2) is 8.42 Å². The highest BCUT2D eigenvalue weighted by Crippen LogP contribution is 2.32. The minimum absolute atomic E-state index is 0.0399. The van der Waals surface area contributed by atoms with E-state index in [1.807, 2.05) is 0 Å². The molecule has 0 saturated carbocycles. The molecule has 1 aromatic heterocycles. The largest absolute Gasteiger partial charge is 0.293 e. The topological polar surface area (TPSA) is 51.2 Å². The molecule has 1 rings (SSSR count). The molecule has 0 N–H and O–H groups in total. The summed E-state index contributed by atoms with van der Waals surface area (Å²) in [6.45, 7) is 0. The van der Waals surface area contributed by atoms with Gasteiger partial charge in [0.1, 0.15) is 9.84 Å². The molecule has 0 radical (unpaired) electrons. The third-order valence-electron chi connectivity index (χ3n) is 1.62. The van der Waals surface area contributed by atoms with Crippen LogP contribution in [0, 0.1) is 0 Å². The van der Waals surface area contributed by atoms with Crippen molar-refractivity contribution in [3.8, 4) is 0 Å². The molecule has 0 aliphatic carbocycles. The summed E-state index contributed by atoms with van der Waals surface area (Å²) >= 11 is 7.84. The summed E-state index contributed by atoms with van der Waals surface area (Å²) in [5.41, 5.74) is 0. The predicted molar refractivity (Wildman–Crippen MR) is 68.4 cm³/mol. The van der Waals surface area contributed by atoms with Crippen LogP contribution in [-0.2, 0) is 9.84 Å². The van der Waals surface area contributed by atoms with Gasteiger partial charge < -0.3 is 0 Å². The van der Waals surface area contributed by atoms with Gasteiger partial charge in [0.2, 0.25) is 0 Å². The van der Waals surface area contributed by atoms with Gasteiger partial charge in [0.05, 0.1) is 14.4 Å². The average molecular weight is 376 g/mol. The molecule has 0 aromatic carbocycles. The first-order chi connectivity index (χ1) is 6.79. The van der Waals surface area contributed by atoms with Gasteiger partial charge in [-0.15, -0.1) is 11.3 Å². The summed E-state index contributed by atoms with van der Waals surface area (Å²) in [4.78, 5) is 12.1. The van der Waals surface area contributed by atoms with Gasteiger partial charge in [-0.2, -0.15) is 0 Å². The van der Waals surface area contributed by atoms with Crippen molar-refractivity contribution >= 4 is 58.8 Å². The Balaban J connectivity index is 2.70. The van der Waals surface area contributed by atoms with E-state index < -0.39 is 9.84 Å². The Labute approximate surface area is 109 Å². The second kappa shape index (κ2) is 5.07. The third-order valence-corrected chi connectivity index (χ3v) is 5.86. The molecule has 0 aliphatic rings. The lowest BCUT2D eigenvalue weighted by Crippen LogP contribution is -2.08. The van der Waals surface area contributed by atoms with Gasteiger partial charge in [0, 0.05) is 17.1 Å². The van der Waals surface area contributed by atoms with E-state index in [0.717, 1.165) is 14.5 Å². The highest BCUT2D eigenvalue weighted by atomic mass is 79.9. The van der Waals surface area contributed by atoms with Gasteiger partial charge in [0.15, 0.2) is 5.78 Å². The molecule has 0 atom stereocenters. The molecule has 0 saturated heterocycles. The van der Waals surface area contributed by atoms with Crippen LogP contribution in [0.3, 0.4) is 0 Å². The van der Waals surface area contributed by atoms with E-state index in [4.69, 9.17) is 0 Å². The predicted octanol–water partition coefficient (Wildman–Crippen LogP) is 2.89. The summed E-state index contributed by atoms with van der Waals surface area (Å²) in [7, 11) is -3.07.